The minimum atomic E-state index is -2.82. The van der Waals surface area contributed by atoms with E-state index in [1.165, 1.54) is 38.6 Å². The summed E-state index contributed by atoms with van der Waals surface area (Å²) in [5, 5.41) is 3.22. The lowest BCUT2D eigenvalue weighted by molar-refractivity contribution is 0.171. The number of hydrogen-bond donors (Lipinski definition) is 1. The van der Waals surface area contributed by atoms with Gasteiger partial charge in [-0.15, -0.1) is 0 Å². The first-order chi connectivity index (χ1) is 7.49. The second-order valence-electron chi connectivity index (χ2n) is 4.78. The van der Waals surface area contributed by atoms with E-state index in [-0.39, 0.29) is 5.75 Å². The van der Waals surface area contributed by atoms with Crippen molar-refractivity contribution in [3.05, 3.63) is 0 Å². The number of nitrogens with one attached hydrogen (secondary N) is 1. The van der Waals surface area contributed by atoms with Gasteiger partial charge in [0.25, 0.3) is 0 Å². The normalized spacial score (nSPS) is 20.9. The van der Waals surface area contributed by atoms with Crippen molar-refractivity contribution in [2.24, 2.45) is 0 Å². The van der Waals surface area contributed by atoms with Crippen LogP contribution < -0.4 is 5.32 Å². The standard InChI is InChI=1S/C11H24N2O2S/c1-11(13-7-4-3-5-8-13)10-12-6-9-16(2,14)15/h11-12H,3-10H2,1-2H3. The molecule has 1 unspecified atom stereocenters. The molecule has 1 rings (SSSR count). The Kier molecular flexibility index (Phi) is 5.72. The van der Waals surface area contributed by atoms with E-state index in [0.29, 0.717) is 12.6 Å². The van der Waals surface area contributed by atoms with Gasteiger partial charge < -0.3 is 5.32 Å². The van der Waals surface area contributed by atoms with E-state index < -0.39 is 9.84 Å². The van der Waals surface area contributed by atoms with Crippen LogP contribution in [-0.2, 0) is 9.84 Å². The van der Waals surface area contributed by atoms with E-state index in [0.717, 1.165) is 6.54 Å². The van der Waals surface area contributed by atoms with Gasteiger partial charge in [-0.3, -0.25) is 4.90 Å². The van der Waals surface area contributed by atoms with Crippen molar-refractivity contribution in [3.8, 4) is 0 Å². The maximum atomic E-state index is 10.9. The fourth-order valence-corrected chi connectivity index (χ4v) is 2.57. The smallest absolute Gasteiger partial charge is 0.148 e. The van der Waals surface area contributed by atoms with Gasteiger partial charge in [0.05, 0.1) is 5.75 Å². The summed E-state index contributed by atoms with van der Waals surface area (Å²) in [6, 6.07) is 0.514. The van der Waals surface area contributed by atoms with E-state index in [1.54, 1.807) is 0 Å². The predicted molar refractivity (Wildman–Crippen MR) is 67.5 cm³/mol. The fourth-order valence-electron chi connectivity index (χ4n) is 2.06. The third-order valence-electron chi connectivity index (χ3n) is 3.10. The maximum Gasteiger partial charge on any atom is 0.148 e. The van der Waals surface area contributed by atoms with Crippen molar-refractivity contribution in [3.63, 3.8) is 0 Å². The molecule has 1 atom stereocenters. The number of piperidine rings is 1. The first-order valence-electron chi connectivity index (χ1n) is 6.11. The number of sulfone groups is 1. The van der Waals surface area contributed by atoms with Crippen LogP contribution in [0.5, 0.6) is 0 Å². The van der Waals surface area contributed by atoms with Gasteiger partial charge in [-0.25, -0.2) is 8.42 Å². The van der Waals surface area contributed by atoms with Crippen molar-refractivity contribution >= 4 is 9.84 Å². The fraction of sp³-hybridized carbons (Fsp3) is 1.00. The number of nitrogens with zero attached hydrogens (tertiary/aromatic N) is 1. The van der Waals surface area contributed by atoms with E-state index in [4.69, 9.17) is 0 Å². The number of likely N-dealkylation sites (tertiary alicyclic amines) is 1. The second-order valence-corrected chi connectivity index (χ2v) is 7.04. The van der Waals surface area contributed by atoms with E-state index in [2.05, 4.69) is 17.1 Å². The number of hydrogen-bond acceptors (Lipinski definition) is 4. The number of rotatable bonds is 6. The van der Waals surface area contributed by atoms with Crippen molar-refractivity contribution in [1.29, 1.82) is 0 Å². The molecule has 0 aromatic heterocycles. The van der Waals surface area contributed by atoms with Gasteiger partial charge in [0, 0.05) is 25.4 Å². The highest BCUT2D eigenvalue weighted by Crippen LogP contribution is 2.11. The summed E-state index contributed by atoms with van der Waals surface area (Å²) in [4.78, 5) is 2.48. The zero-order valence-corrected chi connectivity index (χ0v) is 11.2. The monoisotopic (exact) mass is 248 g/mol. The van der Waals surface area contributed by atoms with Crippen molar-refractivity contribution in [1.82, 2.24) is 10.2 Å². The van der Waals surface area contributed by atoms with Crippen LogP contribution in [-0.4, -0.2) is 57.5 Å². The van der Waals surface area contributed by atoms with Gasteiger partial charge in [-0.1, -0.05) is 6.42 Å². The van der Waals surface area contributed by atoms with E-state index in [9.17, 15) is 8.42 Å². The molecule has 0 spiro atoms. The third kappa shape index (κ3) is 5.82. The lowest BCUT2D eigenvalue weighted by atomic mass is 10.1. The van der Waals surface area contributed by atoms with Gasteiger partial charge in [0.1, 0.15) is 9.84 Å². The molecule has 1 aliphatic heterocycles. The highest BCUT2D eigenvalue weighted by molar-refractivity contribution is 7.90. The molecule has 0 aliphatic carbocycles. The van der Waals surface area contributed by atoms with Crippen LogP contribution in [0.15, 0.2) is 0 Å². The van der Waals surface area contributed by atoms with Gasteiger partial charge >= 0.3 is 0 Å². The molecule has 4 nitrogen and oxygen atoms in total. The summed E-state index contributed by atoms with van der Waals surface area (Å²) in [5.41, 5.74) is 0. The summed E-state index contributed by atoms with van der Waals surface area (Å²) in [5.74, 6) is 0.236. The van der Waals surface area contributed by atoms with Gasteiger partial charge in [0.2, 0.25) is 0 Å². The van der Waals surface area contributed by atoms with E-state index >= 15 is 0 Å². The summed E-state index contributed by atoms with van der Waals surface area (Å²) < 4.78 is 21.9. The van der Waals surface area contributed by atoms with Gasteiger partial charge in [-0.05, 0) is 32.9 Å². The molecule has 1 aliphatic rings. The minimum Gasteiger partial charge on any atom is -0.314 e. The molecule has 0 aromatic carbocycles. The lowest BCUT2D eigenvalue weighted by Gasteiger charge is -2.32. The Hall–Kier alpha value is -0.130. The summed E-state index contributed by atoms with van der Waals surface area (Å²) in [7, 11) is -2.82. The highest BCUT2D eigenvalue weighted by atomic mass is 32.2. The minimum absolute atomic E-state index is 0.236. The molecule has 0 bridgehead atoms. The molecule has 5 heteroatoms. The van der Waals surface area contributed by atoms with Crippen LogP contribution in [0.4, 0.5) is 0 Å². The van der Waals surface area contributed by atoms with Crippen LogP contribution in [0, 0.1) is 0 Å². The van der Waals surface area contributed by atoms with Crippen LogP contribution in [0.1, 0.15) is 26.2 Å². The van der Waals surface area contributed by atoms with Crippen molar-refractivity contribution in [2.75, 3.05) is 38.2 Å². The molecule has 96 valence electrons. The summed E-state index contributed by atoms with van der Waals surface area (Å²) in [6.07, 6.45) is 5.23. The molecular formula is C11H24N2O2S. The Morgan fingerprint density at radius 1 is 1.25 bits per heavy atom. The Morgan fingerprint density at radius 3 is 2.44 bits per heavy atom. The molecule has 0 amide bonds. The zero-order chi connectivity index (χ0) is 12.0. The largest absolute Gasteiger partial charge is 0.314 e. The Balaban J connectivity index is 2.12. The molecule has 1 saturated heterocycles. The maximum absolute atomic E-state index is 10.9. The van der Waals surface area contributed by atoms with Gasteiger partial charge in [0.15, 0.2) is 0 Å². The predicted octanol–water partition coefficient (Wildman–Crippen LogP) is 0.495. The third-order valence-corrected chi connectivity index (χ3v) is 4.05. The molecule has 1 N–H and O–H groups in total. The van der Waals surface area contributed by atoms with Crippen molar-refractivity contribution in [2.45, 2.75) is 32.2 Å². The molecule has 1 heterocycles. The van der Waals surface area contributed by atoms with Crippen LogP contribution in [0.3, 0.4) is 0 Å². The first-order valence-corrected chi connectivity index (χ1v) is 8.17. The topological polar surface area (TPSA) is 49.4 Å². The average molecular weight is 248 g/mol. The lowest BCUT2D eigenvalue weighted by Crippen LogP contribution is -2.43. The molecule has 1 fully saturated rings. The average Bonchev–Trinajstić information content (AvgIpc) is 2.24. The Morgan fingerprint density at radius 2 is 1.88 bits per heavy atom. The highest BCUT2D eigenvalue weighted by Gasteiger charge is 2.15. The summed E-state index contributed by atoms with van der Waals surface area (Å²) >= 11 is 0. The Labute approximate surface area is 99.3 Å². The van der Waals surface area contributed by atoms with Crippen LogP contribution >= 0.6 is 0 Å². The van der Waals surface area contributed by atoms with Crippen LogP contribution in [0.25, 0.3) is 0 Å². The van der Waals surface area contributed by atoms with E-state index in [1.807, 2.05) is 0 Å². The molecule has 0 aromatic rings. The first kappa shape index (κ1) is 13.9. The molecule has 0 radical (unpaired) electrons. The van der Waals surface area contributed by atoms with Crippen LogP contribution in [0.2, 0.25) is 0 Å². The second kappa shape index (κ2) is 6.57. The summed E-state index contributed by atoms with van der Waals surface area (Å²) in [6.45, 7) is 6.04. The van der Waals surface area contributed by atoms with Crippen molar-refractivity contribution < 1.29 is 8.42 Å². The Bertz CT molecular complexity index is 284. The quantitative estimate of drug-likeness (QED) is 0.695. The zero-order valence-electron chi connectivity index (χ0n) is 10.4. The molecular weight excluding hydrogens is 224 g/mol. The van der Waals surface area contributed by atoms with Gasteiger partial charge in [-0.2, -0.15) is 0 Å². The molecule has 16 heavy (non-hydrogen) atoms. The SMILES string of the molecule is CC(CNCCS(C)(=O)=O)N1CCCCC1. The molecule has 0 saturated carbocycles.